The van der Waals surface area contributed by atoms with Crippen LogP contribution in [0, 0.1) is 17.8 Å². The van der Waals surface area contributed by atoms with Crippen molar-refractivity contribution in [1.82, 2.24) is 57.3 Å². The molecule has 2 saturated heterocycles. The van der Waals surface area contributed by atoms with Gasteiger partial charge in [-0.2, -0.15) is 11.8 Å². The number of aliphatic hydroxyl groups excluding tert-OH is 3. The Kier molecular flexibility index (Phi) is 29.7. The van der Waals surface area contributed by atoms with Gasteiger partial charge in [0.25, 0.3) is 0 Å². The number of carbonyl (C=O) groups excluding carboxylic acids is 11. The molecule has 9 bridgehead atoms. The van der Waals surface area contributed by atoms with Crippen LogP contribution in [0.4, 0.5) is 0 Å². The lowest BCUT2D eigenvalue weighted by Crippen LogP contribution is -2.63. The van der Waals surface area contributed by atoms with Crippen LogP contribution in [0.15, 0.2) is 17.2 Å². The fourth-order valence-electron chi connectivity index (χ4n) is 12.3. The highest BCUT2D eigenvalue weighted by molar-refractivity contribution is 7.99. The van der Waals surface area contributed by atoms with Gasteiger partial charge >= 0.3 is 5.97 Å². The maximum Gasteiger partial charge on any atom is 0.304 e. The maximum atomic E-state index is 16.1. The number of nitrogens with two attached hydrogens (primary N) is 1. The van der Waals surface area contributed by atoms with Crippen LogP contribution in [0.3, 0.4) is 0 Å². The molecule has 1 aromatic heterocycles. The number of amides is 11. The molecule has 550 valence electrons. The van der Waals surface area contributed by atoms with Crippen LogP contribution < -0.4 is 53.0 Å². The molecule has 11 amide bonds. The number of aliphatic carboxylic acids is 1. The van der Waals surface area contributed by atoms with E-state index in [1.54, 1.807) is 42.6 Å². The second-order valence-corrected chi connectivity index (χ2v) is 28.1. The molecule has 99 heavy (non-hydrogen) atoms. The molecule has 2 aromatic rings. The van der Waals surface area contributed by atoms with Crippen molar-refractivity contribution in [2.45, 2.75) is 162 Å². The zero-order valence-electron chi connectivity index (χ0n) is 56.2. The fourth-order valence-corrected chi connectivity index (χ4v) is 14.9. The Morgan fingerprint density at radius 2 is 1.60 bits per heavy atom. The number of nitrogens with zero attached hydrogens (tertiary/aromatic N) is 2. The van der Waals surface area contributed by atoms with Gasteiger partial charge in [-0.15, -0.1) is 0 Å². The van der Waals surface area contributed by atoms with E-state index in [-0.39, 0.29) is 91.9 Å². The number of ether oxygens (including phenoxy) is 5. The van der Waals surface area contributed by atoms with E-state index in [2.05, 4.69) is 47.5 Å². The van der Waals surface area contributed by atoms with Crippen LogP contribution >= 0.6 is 11.8 Å². The Balaban J connectivity index is 1.47. The van der Waals surface area contributed by atoms with Crippen molar-refractivity contribution in [2.24, 2.45) is 23.5 Å². The predicted molar refractivity (Wildman–Crippen MR) is 353 cm³/mol. The molecule has 3 unspecified atom stereocenters. The normalized spacial score (nSPS) is 27.7. The lowest BCUT2D eigenvalue weighted by molar-refractivity contribution is -0.153. The van der Waals surface area contributed by atoms with Gasteiger partial charge in [-0.1, -0.05) is 34.1 Å². The molecule has 6 aliphatic heterocycles. The topological polar surface area (TPSA) is 499 Å². The Morgan fingerprint density at radius 3 is 2.28 bits per heavy atom. The van der Waals surface area contributed by atoms with Crippen molar-refractivity contribution in [2.75, 3.05) is 98.4 Å². The maximum absolute atomic E-state index is 16.1. The van der Waals surface area contributed by atoms with Crippen LogP contribution in [0.5, 0.6) is 5.75 Å². The number of nitrogens with one attached hydrogen (secondary N) is 9. The van der Waals surface area contributed by atoms with Gasteiger partial charge in [0, 0.05) is 96.0 Å². The summed E-state index contributed by atoms with van der Waals surface area (Å²) < 4.78 is 46.0. The minimum atomic E-state index is -2.55. The number of piperidine rings is 1. The average Bonchev–Trinajstić information content (AvgIpc) is 1.62. The number of rotatable bonds is 18. The molecular formula is C63H94N12O22S2. The molecule has 6 aliphatic rings. The number of carboxylic acid groups (broad SMARTS) is 1. The number of benzene rings is 1. The Morgan fingerprint density at radius 1 is 0.869 bits per heavy atom. The number of H-pyrrole nitrogens is 1. The zero-order chi connectivity index (χ0) is 72.3. The number of methoxy groups -OCH3 is 1. The van der Waals surface area contributed by atoms with Crippen LogP contribution in [0.2, 0.25) is 0 Å². The molecule has 0 radical (unpaired) electrons. The van der Waals surface area contributed by atoms with E-state index in [0.717, 1.165) is 4.90 Å². The molecule has 36 heteroatoms. The molecule has 2 fully saturated rings. The number of carboxylic acids is 1. The lowest BCUT2D eigenvalue weighted by atomic mass is 9.93. The van der Waals surface area contributed by atoms with E-state index < -0.39 is 219 Å². The van der Waals surface area contributed by atoms with Gasteiger partial charge in [-0.05, 0) is 30.9 Å². The quantitative estimate of drug-likeness (QED) is 0.0497. The van der Waals surface area contributed by atoms with Crippen LogP contribution in [0.1, 0.15) is 96.6 Å². The Bertz CT molecular complexity index is 3230. The van der Waals surface area contributed by atoms with Gasteiger partial charge in [-0.25, -0.2) is 0 Å². The van der Waals surface area contributed by atoms with Gasteiger partial charge in [0.1, 0.15) is 41.7 Å². The van der Waals surface area contributed by atoms with E-state index in [1.807, 2.05) is 0 Å². The summed E-state index contributed by atoms with van der Waals surface area (Å²) in [5.74, 6) is -15.0. The number of primary amides is 1. The summed E-state index contributed by atoms with van der Waals surface area (Å²) >= 11 is -1.00. The van der Waals surface area contributed by atoms with Crippen molar-refractivity contribution < 1.29 is 106 Å². The minimum absolute atomic E-state index is 0.0135. The first kappa shape index (κ1) is 78.9. The van der Waals surface area contributed by atoms with Crippen molar-refractivity contribution in [1.29, 1.82) is 0 Å². The highest BCUT2D eigenvalue weighted by Crippen LogP contribution is 2.39. The lowest BCUT2D eigenvalue weighted by Gasteiger charge is -2.37. The predicted octanol–water partition coefficient (Wildman–Crippen LogP) is -4.22. The first-order chi connectivity index (χ1) is 47.2. The Hall–Kier alpha value is -7.42. The highest BCUT2D eigenvalue weighted by Gasteiger charge is 2.47. The minimum Gasteiger partial charge on any atom is -0.610 e. The largest absolute Gasteiger partial charge is 0.610 e. The van der Waals surface area contributed by atoms with Gasteiger partial charge < -0.3 is 112 Å². The van der Waals surface area contributed by atoms with Crippen LogP contribution in [-0.2, 0) is 99.8 Å². The summed E-state index contributed by atoms with van der Waals surface area (Å²) in [6.45, 7) is 3.23. The average molecular weight is 1440 g/mol. The van der Waals surface area contributed by atoms with E-state index in [1.165, 1.54) is 21.0 Å². The number of aliphatic hydroxyl groups is 3. The van der Waals surface area contributed by atoms with Gasteiger partial charge in [-0.3, -0.25) is 57.5 Å². The van der Waals surface area contributed by atoms with Crippen LogP contribution in [-0.4, -0.2) is 269 Å². The van der Waals surface area contributed by atoms with E-state index in [9.17, 15) is 68.4 Å². The molecular weight excluding hydrogens is 1340 g/mol. The van der Waals surface area contributed by atoms with E-state index in [4.69, 9.17) is 29.4 Å². The van der Waals surface area contributed by atoms with Gasteiger partial charge in [0.05, 0.1) is 110 Å². The monoisotopic (exact) mass is 1430 g/mol. The SMILES string of the molecule is CC[C@H](C)[C@@H]1NC(=O)CC2(OCCOCCNC(=O)C(C)CC(=O)O)CCOCCOCCC(=O)N3CCC(CC3)SCc3c(OC)ccc4c5c([nH]c34)[S+]([O-])C[C@H](NC(=O)CNC1=O)C(=O)N[C@@H](CC(N)=O)C(=O)N1C[C@H](O)C[C@H]1C(=O)N[C@@H]([C@@H](C)[C@@H](O)CO)C(=O)N[C@@H](C5)C(=O)N2. The number of hydrogen-bond acceptors (Lipinski definition) is 22. The first-order valence-electron chi connectivity index (χ1n) is 33.2. The zero-order valence-corrected chi connectivity index (χ0v) is 57.8. The summed E-state index contributed by atoms with van der Waals surface area (Å²) in [4.78, 5) is 176. The van der Waals surface area contributed by atoms with Gasteiger partial charge in [0.15, 0.2) is 11.8 Å². The summed E-state index contributed by atoms with van der Waals surface area (Å²) in [6.07, 6.45) is -5.38. The fraction of sp³-hybridized carbons (Fsp3) is 0.683. The summed E-state index contributed by atoms with van der Waals surface area (Å²) in [7, 11) is 1.43. The summed E-state index contributed by atoms with van der Waals surface area (Å²) in [5.41, 5.74) is 4.26. The number of thioether (sulfide) groups is 1. The molecule has 0 spiro atoms. The van der Waals surface area contributed by atoms with Crippen molar-refractivity contribution in [3.63, 3.8) is 0 Å². The van der Waals surface area contributed by atoms with Crippen molar-refractivity contribution in [3.05, 3.63) is 23.3 Å². The van der Waals surface area contributed by atoms with Crippen molar-refractivity contribution in [3.8, 4) is 5.75 Å². The highest BCUT2D eigenvalue weighted by atomic mass is 32.2. The molecule has 15 N–H and O–H groups in total. The molecule has 0 aliphatic carbocycles. The standard InChI is InChI=1S/C63H94N12O22S2/c1-6-33(2)52-59(89)66-28-49(81)67-43-32-99(92)61-39-25-41(68-60(90)53(35(4)45(78)30-76)71-58(88)44-24-36(77)29-75(44)62(91)42(26-47(64)79)69-56(43)86)57(87)73-63(27-48(80)70-52,97-22-21-96-18-13-65-55(85)34(3)23-51(83)84)12-17-95-20-19-94-16-11-50(82)74-14-9-37(10-15-74)98-31-40-46(93-5)8-7-38(39)54(40)72-61/h7-8,33-37,41-45,52-53,72,76-78H,6,9-32H2,1-5H3,(H2,64,79)(H,65,85)(H,66,89)(H,67,81)(H,68,90)(H,69,86)(H,70,80)(H,71,88)(H,73,87)(H,83,84)/t33-,34?,35-,36+,41-,42-,43-,44-,45-,52-,53-,63?,99?/m0/s1. The summed E-state index contributed by atoms with van der Waals surface area (Å²) in [6, 6.07) is -7.61. The third kappa shape index (κ3) is 21.8. The van der Waals surface area contributed by atoms with Crippen LogP contribution in [0.25, 0.3) is 10.9 Å². The number of carbonyl (C=O) groups is 12. The van der Waals surface area contributed by atoms with Crippen molar-refractivity contribution >= 4 is 105 Å². The third-order valence-electron chi connectivity index (χ3n) is 18.2. The number of aromatic amines is 1. The van der Waals surface area contributed by atoms with E-state index in [0.29, 0.717) is 42.8 Å². The molecule has 34 nitrogen and oxygen atoms in total. The molecule has 1 aromatic carbocycles. The second kappa shape index (κ2) is 37.3. The first-order valence-corrected chi connectivity index (χ1v) is 35.5. The third-order valence-corrected chi connectivity index (χ3v) is 21.0. The van der Waals surface area contributed by atoms with Gasteiger partial charge in [0.2, 0.25) is 70.0 Å². The molecule has 13 atom stereocenters. The molecule has 0 saturated carbocycles. The Labute approximate surface area is 579 Å². The summed E-state index contributed by atoms with van der Waals surface area (Å²) in [5, 5.41) is 62.9. The molecule has 8 rings (SSSR count). The number of fused-ring (bicyclic) bond motifs is 14. The van der Waals surface area contributed by atoms with E-state index >= 15 is 14.1 Å². The number of aromatic nitrogens is 1. The molecule has 7 heterocycles. The smallest absolute Gasteiger partial charge is 0.304 e. The number of hydrogen-bond donors (Lipinski definition) is 14. The second-order valence-electron chi connectivity index (χ2n) is 25.4.